The molecule has 3 aromatic carbocycles. The summed E-state index contributed by atoms with van der Waals surface area (Å²) >= 11 is 0. The van der Waals surface area contributed by atoms with Crippen LogP contribution >= 0.6 is 0 Å². The number of piperazine rings is 1. The fourth-order valence-corrected chi connectivity index (χ4v) is 4.56. The van der Waals surface area contributed by atoms with Crippen molar-refractivity contribution in [1.82, 2.24) is 14.5 Å². The smallest absolute Gasteiger partial charge is 0.410 e. The molecule has 39 heavy (non-hydrogen) atoms. The van der Waals surface area contributed by atoms with E-state index in [0.29, 0.717) is 59.7 Å². The van der Waals surface area contributed by atoms with E-state index in [-0.39, 0.29) is 11.7 Å². The number of benzene rings is 3. The van der Waals surface area contributed by atoms with Gasteiger partial charge < -0.3 is 14.5 Å². The average Bonchev–Trinajstić information content (AvgIpc) is 2.92. The summed E-state index contributed by atoms with van der Waals surface area (Å²) in [6, 6.07) is 20.1. The SMILES string of the molecule is CC(C)(C)OC(=O)N1CCN(c2ccc3c(=O)n(-c4ccc(F)cc4)c(-c4ccc(C#N)cc4)nc3c2)CC1. The molecule has 8 nitrogen and oxygen atoms in total. The Kier molecular flexibility index (Phi) is 6.79. The first kappa shape index (κ1) is 25.9. The third kappa shape index (κ3) is 5.46. The molecule has 1 aliphatic rings. The molecule has 2 heterocycles. The van der Waals surface area contributed by atoms with Gasteiger partial charge in [0.1, 0.15) is 17.2 Å². The maximum Gasteiger partial charge on any atom is 0.410 e. The van der Waals surface area contributed by atoms with Crippen LogP contribution in [0.4, 0.5) is 14.9 Å². The van der Waals surface area contributed by atoms with E-state index in [1.165, 1.54) is 28.8 Å². The molecule has 0 radical (unpaired) electrons. The zero-order valence-corrected chi connectivity index (χ0v) is 22.0. The zero-order chi connectivity index (χ0) is 27.7. The lowest BCUT2D eigenvalue weighted by molar-refractivity contribution is 0.0240. The van der Waals surface area contributed by atoms with Gasteiger partial charge in [-0.3, -0.25) is 9.36 Å². The monoisotopic (exact) mass is 525 g/mol. The quantitative estimate of drug-likeness (QED) is 0.369. The van der Waals surface area contributed by atoms with Crippen molar-refractivity contribution < 1.29 is 13.9 Å². The van der Waals surface area contributed by atoms with Crippen LogP contribution in [0, 0.1) is 17.1 Å². The van der Waals surface area contributed by atoms with E-state index >= 15 is 0 Å². The molecular weight excluding hydrogens is 497 g/mol. The summed E-state index contributed by atoms with van der Waals surface area (Å²) in [5, 5.41) is 9.63. The number of hydrogen-bond acceptors (Lipinski definition) is 6. The molecule has 0 spiro atoms. The zero-order valence-electron chi connectivity index (χ0n) is 22.0. The standard InChI is InChI=1S/C30H28FN5O3/c1-30(2,3)39-29(38)35-16-14-34(15-17-35)24-12-13-25-26(18-24)33-27(21-6-4-20(19-32)5-7-21)36(28(25)37)23-10-8-22(31)9-11-23/h4-13,18H,14-17H2,1-3H3. The Morgan fingerprint density at radius 3 is 2.21 bits per heavy atom. The van der Waals surface area contributed by atoms with Gasteiger partial charge in [0.2, 0.25) is 0 Å². The van der Waals surface area contributed by atoms with Crippen molar-refractivity contribution in [3.8, 4) is 23.1 Å². The van der Waals surface area contributed by atoms with Gasteiger partial charge in [-0.15, -0.1) is 0 Å². The Morgan fingerprint density at radius 2 is 1.59 bits per heavy atom. The average molecular weight is 526 g/mol. The Balaban J connectivity index is 1.52. The van der Waals surface area contributed by atoms with E-state index < -0.39 is 11.4 Å². The lowest BCUT2D eigenvalue weighted by Gasteiger charge is -2.36. The van der Waals surface area contributed by atoms with Gasteiger partial charge in [-0.05, 0) is 87.5 Å². The first-order valence-corrected chi connectivity index (χ1v) is 12.7. The Morgan fingerprint density at radius 1 is 0.949 bits per heavy atom. The summed E-state index contributed by atoms with van der Waals surface area (Å²) in [6.45, 7) is 7.80. The number of hydrogen-bond donors (Lipinski definition) is 0. The highest BCUT2D eigenvalue weighted by Gasteiger charge is 2.26. The van der Waals surface area contributed by atoms with Gasteiger partial charge in [-0.2, -0.15) is 5.26 Å². The minimum Gasteiger partial charge on any atom is -0.444 e. The normalized spacial score (nSPS) is 13.8. The molecule has 4 aromatic rings. The minimum absolute atomic E-state index is 0.285. The Labute approximate surface area is 225 Å². The van der Waals surface area contributed by atoms with Crippen molar-refractivity contribution in [3.05, 3.63) is 88.5 Å². The van der Waals surface area contributed by atoms with Crippen molar-refractivity contribution in [2.24, 2.45) is 0 Å². The lowest BCUT2D eigenvalue weighted by Crippen LogP contribution is -2.50. The number of ether oxygens (including phenoxy) is 1. The van der Waals surface area contributed by atoms with Gasteiger partial charge in [0, 0.05) is 37.4 Å². The molecule has 0 N–H and O–H groups in total. The van der Waals surface area contributed by atoms with E-state index in [0.717, 1.165) is 5.69 Å². The van der Waals surface area contributed by atoms with E-state index in [9.17, 15) is 19.2 Å². The molecule has 5 rings (SSSR count). The van der Waals surface area contributed by atoms with Crippen LogP contribution in [0.1, 0.15) is 26.3 Å². The molecule has 198 valence electrons. The second-order valence-electron chi connectivity index (χ2n) is 10.4. The molecular formula is C30H28FN5O3. The van der Waals surface area contributed by atoms with Crippen LogP contribution < -0.4 is 10.5 Å². The summed E-state index contributed by atoms with van der Waals surface area (Å²) in [5.74, 6) is -0.0210. The van der Waals surface area contributed by atoms with Crippen LogP contribution in [0.2, 0.25) is 0 Å². The molecule has 0 unspecified atom stereocenters. The number of amides is 1. The molecule has 1 saturated heterocycles. The van der Waals surface area contributed by atoms with Crippen LogP contribution in [0.5, 0.6) is 0 Å². The van der Waals surface area contributed by atoms with Crippen LogP contribution in [0.15, 0.2) is 71.5 Å². The number of carbonyl (C=O) groups excluding carboxylic acids is 1. The van der Waals surface area contributed by atoms with Crippen LogP contribution in [0.3, 0.4) is 0 Å². The molecule has 1 aromatic heterocycles. The molecule has 1 fully saturated rings. The van der Waals surface area contributed by atoms with Crippen molar-refractivity contribution >= 4 is 22.7 Å². The molecule has 0 atom stereocenters. The third-order valence-corrected chi connectivity index (χ3v) is 6.51. The maximum absolute atomic E-state index is 13.8. The minimum atomic E-state index is -0.550. The van der Waals surface area contributed by atoms with E-state index in [1.807, 2.05) is 32.9 Å². The number of anilines is 1. The number of nitriles is 1. The highest BCUT2D eigenvalue weighted by Crippen LogP contribution is 2.26. The van der Waals surface area contributed by atoms with Crippen molar-refractivity contribution in [3.63, 3.8) is 0 Å². The third-order valence-electron chi connectivity index (χ3n) is 6.51. The van der Waals surface area contributed by atoms with Gasteiger partial charge in [0.05, 0.1) is 28.2 Å². The maximum atomic E-state index is 13.8. The number of aromatic nitrogens is 2. The van der Waals surface area contributed by atoms with E-state index in [4.69, 9.17) is 9.72 Å². The summed E-state index contributed by atoms with van der Waals surface area (Å²) < 4.78 is 20.6. The second kappa shape index (κ2) is 10.2. The molecule has 1 aliphatic heterocycles. The van der Waals surface area contributed by atoms with Gasteiger partial charge in [0.15, 0.2) is 0 Å². The first-order valence-electron chi connectivity index (χ1n) is 12.7. The van der Waals surface area contributed by atoms with Gasteiger partial charge >= 0.3 is 6.09 Å². The summed E-state index contributed by atoms with van der Waals surface area (Å²) in [7, 11) is 0. The van der Waals surface area contributed by atoms with Crippen molar-refractivity contribution in [1.29, 1.82) is 5.26 Å². The number of fused-ring (bicyclic) bond motifs is 1. The highest BCUT2D eigenvalue weighted by atomic mass is 19.1. The Bertz CT molecular complexity index is 1630. The van der Waals surface area contributed by atoms with Crippen LogP contribution in [-0.2, 0) is 4.74 Å². The van der Waals surface area contributed by atoms with E-state index in [1.54, 1.807) is 35.2 Å². The summed E-state index contributed by atoms with van der Waals surface area (Å²) in [5.41, 5.74) is 2.20. The van der Waals surface area contributed by atoms with Gasteiger partial charge in [-0.25, -0.2) is 14.2 Å². The van der Waals surface area contributed by atoms with Gasteiger partial charge in [-0.1, -0.05) is 0 Å². The lowest BCUT2D eigenvalue weighted by atomic mass is 10.1. The highest BCUT2D eigenvalue weighted by molar-refractivity contribution is 5.84. The fraction of sp³-hybridized carbons (Fsp3) is 0.267. The second-order valence-corrected chi connectivity index (χ2v) is 10.4. The first-order chi connectivity index (χ1) is 18.6. The number of halogens is 1. The number of carbonyl (C=O) groups is 1. The number of rotatable bonds is 3. The van der Waals surface area contributed by atoms with Crippen LogP contribution in [0.25, 0.3) is 28.0 Å². The summed E-state index contributed by atoms with van der Waals surface area (Å²) in [6.07, 6.45) is -0.323. The molecule has 0 aliphatic carbocycles. The Hall–Kier alpha value is -4.71. The van der Waals surface area contributed by atoms with E-state index in [2.05, 4.69) is 11.0 Å². The summed E-state index contributed by atoms with van der Waals surface area (Å²) in [4.78, 5) is 34.9. The molecule has 0 bridgehead atoms. The topological polar surface area (TPSA) is 91.5 Å². The molecule has 1 amide bonds. The number of nitrogens with zero attached hydrogens (tertiary/aromatic N) is 5. The molecule has 9 heteroatoms. The predicted octanol–water partition coefficient (Wildman–Crippen LogP) is 5.12. The van der Waals surface area contributed by atoms with Crippen molar-refractivity contribution in [2.75, 3.05) is 31.1 Å². The molecule has 0 saturated carbocycles. The van der Waals surface area contributed by atoms with Crippen LogP contribution in [-0.4, -0.2) is 52.3 Å². The van der Waals surface area contributed by atoms with Crippen molar-refractivity contribution in [2.45, 2.75) is 26.4 Å². The fourth-order valence-electron chi connectivity index (χ4n) is 4.56. The largest absolute Gasteiger partial charge is 0.444 e. The predicted molar refractivity (Wildman–Crippen MR) is 147 cm³/mol. The van der Waals surface area contributed by atoms with Gasteiger partial charge in [0.25, 0.3) is 5.56 Å².